The molecule has 2 aromatic carbocycles. The minimum atomic E-state index is -0.697. The minimum absolute atomic E-state index is 0.148. The van der Waals surface area contributed by atoms with Crippen LogP contribution in [0.3, 0.4) is 0 Å². The van der Waals surface area contributed by atoms with E-state index in [4.69, 9.17) is 4.42 Å². The third-order valence-corrected chi connectivity index (χ3v) is 5.42. The van der Waals surface area contributed by atoms with Crippen LogP contribution < -0.4 is 4.90 Å². The van der Waals surface area contributed by atoms with Crippen molar-refractivity contribution in [2.24, 2.45) is 0 Å². The van der Waals surface area contributed by atoms with Crippen LogP contribution in [0.15, 0.2) is 75.1 Å². The van der Waals surface area contributed by atoms with Crippen LogP contribution in [0.1, 0.15) is 11.3 Å². The van der Waals surface area contributed by atoms with E-state index in [0.29, 0.717) is 17.2 Å². The Morgan fingerprint density at radius 3 is 2.37 bits per heavy atom. The van der Waals surface area contributed by atoms with Gasteiger partial charge in [0, 0.05) is 17.1 Å². The maximum Gasteiger partial charge on any atom is 0.338 e. The fourth-order valence-corrected chi connectivity index (χ4v) is 3.87. The highest BCUT2D eigenvalue weighted by molar-refractivity contribution is 9.10. The Kier molecular flexibility index (Phi) is 5.13. The molecule has 0 spiro atoms. The molecule has 1 aromatic heterocycles. The third kappa shape index (κ3) is 3.48. The zero-order valence-electron chi connectivity index (χ0n) is 16.3. The quantitative estimate of drug-likeness (QED) is 0.402. The predicted octanol–water partition coefficient (Wildman–Crippen LogP) is 5.03. The summed E-state index contributed by atoms with van der Waals surface area (Å²) in [6, 6.07) is 17.1. The summed E-state index contributed by atoms with van der Waals surface area (Å²) >= 11 is 3.52. The second-order valence-corrected chi connectivity index (χ2v) is 7.72. The molecule has 150 valence electrons. The summed E-state index contributed by atoms with van der Waals surface area (Å²) < 4.78 is 6.74. The van der Waals surface area contributed by atoms with Gasteiger partial charge in [0.05, 0.1) is 5.69 Å². The number of hydrogen-bond donors (Lipinski definition) is 0. The Hall–Kier alpha value is -3.45. The van der Waals surface area contributed by atoms with E-state index in [0.717, 1.165) is 25.4 Å². The summed E-state index contributed by atoms with van der Waals surface area (Å²) in [5, 5.41) is 0. The highest BCUT2D eigenvalue weighted by atomic mass is 79.9. The molecule has 3 aromatic rings. The molecule has 0 saturated carbocycles. The molecule has 0 unspecified atom stereocenters. The normalized spacial score (nSPS) is 16.0. The van der Waals surface area contributed by atoms with Crippen molar-refractivity contribution in [3.63, 3.8) is 0 Å². The van der Waals surface area contributed by atoms with Crippen LogP contribution in [-0.2, 0) is 9.59 Å². The van der Waals surface area contributed by atoms with Crippen molar-refractivity contribution in [3.05, 3.63) is 82.0 Å². The first kappa shape index (κ1) is 19.8. The van der Waals surface area contributed by atoms with Gasteiger partial charge in [0.15, 0.2) is 0 Å². The van der Waals surface area contributed by atoms with E-state index in [1.165, 1.54) is 13.1 Å². The lowest BCUT2D eigenvalue weighted by Crippen LogP contribution is -2.55. The second kappa shape index (κ2) is 7.76. The first-order valence-corrected chi connectivity index (χ1v) is 9.95. The second-order valence-electron chi connectivity index (χ2n) is 6.87. The van der Waals surface area contributed by atoms with Crippen LogP contribution >= 0.6 is 15.9 Å². The molecular weight excluding hydrogens is 448 g/mol. The molecule has 6 nitrogen and oxygen atoms in total. The van der Waals surface area contributed by atoms with Gasteiger partial charge in [0.25, 0.3) is 11.8 Å². The van der Waals surface area contributed by atoms with Crippen molar-refractivity contribution in [1.82, 2.24) is 4.90 Å². The fourth-order valence-electron chi connectivity index (χ4n) is 3.18. The summed E-state index contributed by atoms with van der Waals surface area (Å²) in [6.07, 6.45) is 1.37. The van der Waals surface area contributed by atoms with E-state index < -0.39 is 17.8 Å². The molecule has 0 radical (unpaired) electrons. The minimum Gasteiger partial charge on any atom is -0.457 e. The SMILES string of the molecule is Cc1ccc(-c2ccc(/C=C3/C(=O)N(C)C(=O)N(c4ccccc4)C3=O)o2)c(Br)c1. The highest BCUT2D eigenvalue weighted by Gasteiger charge is 2.41. The van der Waals surface area contributed by atoms with Gasteiger partial charge < -0.3 is 4.42 Å². The number of likely N-dealkylation sites (N-methyl/N-ethyl adjacent to an activating group) is 1. The van der Waals surface area contributed by atoms with E-state index in [2.05, 4.69) is 15.9 Å². The largest absolute Gasteiger partial charge is 0.457 e. The molecular formula is C23H17BrN2O4. The van der Waals surface area contributed by atoms with Crippen molar-refractivity contribution in [3.8, 4) is 11.3 Å². The third-order valence-electron chi connectivity index (χ3n) is 4.76. The van der Waals surface area contributed by atoms with Gasteiger partial charge in [-0.3, -0.25) is 14.5 Å². The number of carbonyl (C=O) groups is 3. The van der Waals surface area contributed by atoms with Crippen LogP contribution in [0.5, 0.6) is 0 Å². The molecule has 0 bridgehead atoms. The smallest absolute Gasteiger partial charge is 0.338 e. The average molecular weight is 465 g/mol. The number of benzene rings is 2. The molecule has 0 aliphatic carbocycles. The first-order valence-electron chi connectivity index (χ1n) is 9.16. The van der Waals surface area contributed by atoms with E-state index in [1.54, 1.807) is 42.5 Å². The summed E-state index contributed by atoms with van der Waals surface area (Å²) in [5.41, 5.74) is 2.20. The number of furan rings is 1. The predicted molar refractivity (Wildman–Crippen MR) is 117 cm³/mol. The number of aryl methyl sites for hydroxylation is 1. The highest BCUT2D eigenvalue weighted by Crippen LogP contribution is 2.32. The number of nitrogens with zero attached hydrogens (tertiary/aromatic N) is 2. The van der Waals surface area contributed by atoms with Gasteiger partial charge in [-0.1, -0.05) is 40.2 Å². The number of rotatable bonds is 3. The Morgan fingerprint density at radius 2 is 1.67 bits per heavy atom. The number of amides is 4. The summed E-state index contributed by atoms with van der Waals surface area (Å²) in [4.78, 5) is 40.1. The topological polar surface area (TPSA) is 70.8 Å². The number of imide groups is 2. The van der Waals surface area contributed by atoms with E-state index in [1.807, 2.05) is 25.1 Å². The van der Waals surface area contributed by atoms with Gasteiger partial charge in [0.1, 0.15) is 17.1 Å². The number of hydrogen-bond acceptors (Lipinski definition) is 4. The molecule has 4 rings (SSSR count). The van der Waals surface area contributed by atoms with Crippen LogP contribution in [0.4, 0.5) is 10.5 Å². The average Bonchev–Trinajstić information content (AvgIpc) is 3.19. The van der Waals surface area contributed by atoms with E-state index in [-0.39, 0.29) is 5.57 Å². The molecule has 0 atom stereocenters. The van der Waals surface area contributed by atoms with Gasteiger partial charge in [0.2, 0.25) is 0 Å². The Morgan fingerprint density at radius 1 is 0.933 bits per heavy atom. The molecule has 0 N–H and O–H groups in total. The molecule has 4 amide bonds. The van der Waals surface area contributed by atoms with Crippen LogP contribution in [0.2, 0.25) is 0 Å². The van der Waals surface area contributed by atoms with Crippen molar-refractivity contribution in [2.75, 3.05) is 11.9 Å². The number of para-hydroxylation sites is 1. The molecule has 30 heavy (non-hydrogen) atoms. The Labute approximate surface area is 181 Å². The van der Waals surface area contributed by atoms with Gasteiger partial charge in [-0.25, -0.2) is 9.69 Å². The maximum atomic E-state index is 13.0. The first-order chi connectivity index (χ1) is 14.4. The Balaban J connectivity index is 1.72. The zero-order chi connectivity index (χ0) is 21.4. The molecule has 2 heterocycles. The molecule has 1 aliphatic heterocycles. The number of barbiturate groups is 1. The van der Waals surface area contributed by atoms with Gasteiger partial charge in [-0.05, 0) is 55.0 Å². The van der Waals surface area contributed by atoms with E-state index >= 15 is 0 Å². The lowest BCUT2D eigenvalue weighted by molar-refractivity contribution is -0.128. The summed E-state index contributed by atoms with van der Waals surface area (Å²) in [5.74, 6) is -0.436. The van der Waals surface area contributed by atoms with Gasteiger partial charge in [-0.2, -0.15) is 0 Å². The van der Waals surface area contributed by atoms with Crippen LogP contribution in [0.25, 0.3) is 17.4 Å². The van der Waals surface area contributed by atoms with Gasteiger partial charge in [-0.15, -0.1) is 0 Å². The van der Waals surface area contributed by atoms with Crippen LogP contribution in [-0.4, -0.2) is 29.8 Å². The monoisotopic (exact) mass is 464 g/mol. The number of anilines is 1. The number of carbonyl (C=O) groups excluding carboxylic acids is 3. The summed E-state index contributed by atoms with van der Waals surface area (Å²) in [7, 11) is 1.35. The van der Waals surface area contributed by atoms with E-state index in [9.17, 15) is 14.4 Å². The van der Waals surface area contributed by atoms with Crippen molar-refractivity contribution in [2.45, 2.75) is 6.92 Å². The standard InChI is InChI=1S/C23H17BrN2O4/c1-14-8-10-17(19(24)12-14)20-11-9-16(30-20)13-18-21(27)25(2)23(29)26(22(18)28)15-6-4-3-5-7-15/h3-13H,1-2H3/b18-13-. The Bertz CT molecular complexity index is 1200. The van der Waals surface area contributed by atoms with Gasteiger partial charge >= 0.3 is 6.03 Å². The van der Waals surface area contributed by atoms with Crippen LogP contribution in [0, 0.1) is 6.92 Å². The molecule has 7 heteroatoms. The van der Waals surface area contributed by atoms with Crippen molar-refractivity contribution in [1.29, 1.82) is 0 Å². The lowest BCUT2D eigenvalue weighted by Gasteiger charge is -2.31. The summed E-state index contributed by atoms with van der Waals surface area (Å²) in [6.45, 7) is 1.99. The zero-order valence-corrected chi connectivity index (χ0v) is 17.8. The van der Waals surface area contributed by atoms with Crippen molar-refractivity contribution >= 4 is 45.5 Å². The number of urea groups is 1. The molecule has 1 fully saturated rings. The molecule has 1 saturated heterocycles. The lowest BCUT2D eigenvalue weighted by atomic mass is 10.1. The van der Waals surface area contributed by atoms with Crippen molar-refractivity contribution < 1.29 is 18.8 Å². The number of halogens is 1. The maximum absolute atomic E-state index is 13.0. The molecule has 1 aliphatic rings. The fraction of sp³-hybridized carbons (Fsp3) is 0.0870.